The Labute approximate surface area is 107 Å². The van der Waals surface area contributed by atoms with Gasteiger partial charge in [-0.2, -0.15) is 0 Å². The van der Waals surface area contributed by atoms with Crippen LogP contribution in [0.15, 0.2) is 24.3 Å². The minimum Gasteiger partial charge on any atom is -0.338 e. The Morgan fingerprint density at radius 2 is 2.22 bits per heavy atom. The molecule has 0 aliphatic carbocycles. The first kappa shape index (κ1) is 13.0. The number of hydrogen-bond acceptors (Lipinski definition) is 2. The van der Waals surface area contributed by atoms with Crippen LogP contribution in [-0.2, 0) is 0 Å². The average Bonchev–Trinajstić information content (AvgIpc) is 2.39. The fourth-order valence-corrected chi connectivity index (χ4v) is 2.45. The number of likely N-dealkylation sites (tertiary alicyclic amines) is 1. The number of carbonyl (C=O) groups is 1. The van der Waals surface area contributed by atoms with Gasteiger partial charge in [0, 0.05) is 13.1 Å². The summed E-state index contributed by atoms with van der Waals surface area (Å²) in [4.78, 5) is 14.0. The van der Waals surface area contributed by atoms with Crippen molar-refractivity contribution in [2.75, 3.05) is 19.6 Å². The predicted molar refractivity (Wildman–Crippen MR) is 68.6 cm³/mol. The molecule has 1 aromatic carbocycles. The SMILES string of the molecule is CC1CCN(C(=O)c2ccccc2F)CC1CN. The molecule has 1 saturated heterocycles. The van der Waals surface area contributed by atoms with E-state index in [1.54, 1.807) is 17.0 Å². The molecule has 0 radical (unpaired) electrons. The molecule has 0 saturated carbocycles. The number of nitrogens with two attached hydrogens (primary N) is 1. The number of nitrogens with zero attached hydrogens (tertiary/aromatic N) is 1. The lowest BCUT2D eigenvalue weighted by Gasteiger charge is -2.36. The fourth-order valence-electron chi connectivity index (χ4n) is 2.45. The van der Waals surface area contributed by atoms with Crippen LogP contribution in [0.5, 0.6) is 0 Å². The maximum Gasteiger partial charge on any atom is 0.256 e. The summed E-state index contributed by atoms with van der Waals surface area (Å²) in [6, 6.07) is 6.13. The molecule has 2 N–H and O–H groups in total. The molecule has 1 aliphatic heterocycles. The summed E-state index contributed by atoms with van der Waals surface area (Å²) >= 11 is 0. The van der Waals surface area contributed by atoms with Gasteiger partial charge in [-0.3, -0.25) is 4.79 Å². The zero-order valence-corrected chi connectivity index (χ0v) is 10.6. The van der Waals surface area contributed by atoms with Crippen LogP contribution in [0.4, 0.5) is 4.39 Å². The largest absolute Gasteiger partial charge is 0.338 e. The second-order valence-electron chi connectivity index (χ2n) is 4.99. The molecule has 4 heteroatoms. The van der Waals surface area contributed by atoms with Gasteiger partial charge in [-0.15, -0.1) is 0 Å². The maximum atomic E-state index is 13.6. The smallest absolute Gasteiger partial charge is 0.256 e. The number of piperidine rings is 1. The number of hydrogen-bond donors (Lipinski definition) is 1. The summed E-state index contributed by atoms with van der Waals surface area (Å²) in [5, 5.41) is 0. The summed E-state index contributed by atoms with van der Waals surface area (Å²) in [6.07, 6.45) is 0.933. The molecule has 2 unspecified atom stereocenters. The van der Waals surface area contributed by atoms with Crippen molar-refractivity contribution in [2.24, 2.45) is 17.6 Å². The number of rotatable bonds is 2. The average molecular weight is 250 g/mol. The molecular formula is C14H19FN2O. The Balaban J connectivity index is 2.13. The number of benzene rings is 1. The summed E-state index contributed by atoms with van der Waals surface area (Å²) < 4.78 is 13.6. The van der Waals surface area contributed by atoms with Crippen LogP contribution < -0.4 is 5.73 Å². The van der Waals surface area contributed by atoms with Crippen molar-refractivity contribution in [2.45, 2.75) is 13.3 Å². The lowest BCUT2D eigenvalue weighted by molar-refractivity contribution is 0.0614. The van der Waals surface area contributed by atoms with Gasteiger partial charge >= 0.3 is 0 Å². The van der Waals surface area contributed by atoms with E-state index < -0.39 is 5.82 Å². The van der Waals surface area contributed by atoms with Gasteiger partial charge in [0.2, 0.25) is 0 Å². The number of amides is 1. The second-order valence-corrected chi connectivity index (χ2v) is 4.99. The molecule has 1 fully saturated rings. The molecule has 1 heterocycles. The van der Waals surface area contributed by atoms with Crippen LogP contribution in [0.1, 0.15) is 23.7 Å². The van der Waals surface area contributed by atoms with Gasteiger partial charge in [-0.1, -0.05) is 19.1 Å². The van der Waals surface area contributed by atoms with Gasteiger partial charge in [0.05, 0.1) is 5.56 Å². The first-order chi connectivity index (χ1) is 8.63. The third kappa shape index (κ3) is 2.53. The Morgan fingerprint density at radius 1 is 1.50 bits per heavy atom. The van der Waals surface area contributed by atoms with Gasteiger partial charge in [-0.25, -0.2) is 4.39 Å². The Bertz CT molecular complexity index is 436. The third-order valence-electron chi connectivity index (χ3n) is 3.81. The van der Waals surface area contributed by atoms with Crippen molar-refractivity contribution < 1.29 is 9.18 Å². The van der Waals surface area contributed by atoms with Crippen LogP contribution in [-0.4, -0.2) is 30.4 Å². The predicted octanol–water partition coefficient (Wildman–Crippen LogP) is 1.88. The molecule has 3 nitrogen and oxygen atoms in total. The highest BCUT2D eigenvalue weighted by atomic mass is 19.1. The number of carbonyl (C=O) groups excluding carboxylic acids is 1. The van der Waals surface area contributed by atoms with Gasteiger partial charge < -0.3 is 10.6 Å². The Morgan fingerprint density at radius 3 is 2.89 bits per heavy atom. The van der Waals surface area contributed by atoms with Crippen LogP contribution in [0.3, 0.4) is 0 Å². The Kier molecular flexibility index (Phi) is 3.97. The van der Waals surface area contributed by atoms with Crippen LogP contribution >= 0.6 is 0 Å². The highest BCUT2D eigenvalue weighted by Crippen LogP contribution is 2.24. The zero-order valence-electron chi connectivity index (χ0n) is 10.6. The van der Waals surface area contributed by atoms with E-state index in [1.165, 1.54) is 12.1 Å². The van der Waals surface area contributed by atoms with Gasteiger partial charge in [0.1, 0.15) is 5.82 Å². The summed E-state index contributed by atoms with van der Waals surface area (Å²) in [7, 11) is 0. The van der Waals surface area contributed by atoms with E-state index in [1.807, 2.05) is 0 Å². The maximum absolute atomic E-state index is 13.6. The van der Waals surface area contributed by atoms with E-state index in [0.29, 0.717) is 31.5 Å². The highest BCUT2D eigenvalue weighted by molar-refractivity contribution is 5.94. The first-order valence-corrected chi connectivity index (χ1v) is 6.37. The number of halogens is 1. The summed E-state index contributed by atoms with van der Waals surface area (Å²) in [5.41, 5.74) is 5.87. The molecule has 0 aromatic heterocycles. The molecule has 1 amide bonds. The topological polar surface area (TPSA) is 46.3 Å². The van der Waals surface area contributed by atoms with Crippen molar-refractivity contribution in [3.8, 4) is 0 Å². The van der Waals surface area contributed by atoms with Crippen molar-refractivity contribution in [1.82, 2.24) is 4.90 Å². The van der Waals surface area contributed by atoms with Gasteiger partial charge in [0.15, 0.2) is 0 Å². The normalized spacial score (nSPS) is 24.1. The zero-order chi connectivity index (χ0) is 13.1. The third-order valence-corrected chi connectivity index (χ3v) is 3.81. The molecule has 0 bridgehead atoms. The lowest BCUT2D eigenvalue weighted by atomic mass is 9.87. The summed E-state index contributed by atoms with van der Waals surface area (Å²) in [6.45, 7) is 4.04. The van der Waals surface area contributed by atoms with Crippen LogP contribution in [0.2, 0.25) is 0 Å². The lowest BCUT2D eigenvalue weighted by Crippen LogP contribution is -2.45. The van der Waals surface area contributed by atoms with Crippen molar-refractivity contribution in [3.05, 3.63) is 35.6 Å². The minimum atomic E-state index is -0.453. The molecular weight excluding hydrogens is 231 g/mol. The van der Waals surface area contributed by atoms with E-state index in [4.69, 9.17) is 5.73 Å². The van der Waals surface area contributed by atoms with Crippen molar-refractivity contribution in [1.29, 1.82) is 0 Å². The van der Waals surface area contributed by atoms with Gasteiger partial charge in [0.25, 0.3) is 5.91 Å². The van der Waals surface area contributed by atoms with Crippen molar-refractivity contribution in [3.63, 3.8) is 0 Å². The second kappa shape index (κ2) is 5.48. The van der Waals surface area contributed by atoms with Crippen molar-refractivity contribution >= 4 is 5.91 Å². The molecule has 18 heavy (non-hydrogen) atoms. The highest BCUT2D eigenvalue weighted by Gasteiger charge is 2.29. The monoisotopic (exact) mass is 250 g/mol. The molecule has 98 valence electrons. The summed E-state index contributed by atoms with van der Waals surface area (Å²) in [5.74, 6) is 0.165. The molecule has 2 rings (SSSR count). The molecule has 1 aromatic rings. The molecule has 2 atom stereocenters. The van der Waals surface area contributed by atoms with E-state index in [2.05, 4.69) is 6.92 Å². The minimum absolute atomic E-state index is 0.155. The standard InChI is InChI=1S/C14H19FN2O/c1-10-6-7-17(9-11(10)8-16)14(18)12-4-2-3-5-13(12)15/h2-5,10-11H,6-9,16H2,1H3. The molecule has 0 spiro atoms. The fraction of sp³-hybridized carbons (Fsp3) is 0.500. The Hall–Kier alpha value is -1.42. The van der Waals surface area contributed by atoms with E-state index in [0.717, 1.165) is 6.42 Å². The van der Waals surface area contributed by atoms with E-state index in [9.17, 15) is 9.18 Å². The van der Waals surface area contributed by atoms with Gasteiger partial charge in [-0.05, 0) is 36.9 Å². The van der Waals surface area contributed by atoms with Crippen LogP contribution in [0.25, 0.3) is 0 Å². The quantitative estimate of drug-likeness (QED) is 0.871. The van der Waals surface area contributed by atoms with E-state index in [-0.39, 0.29) is 11.5 Å². The molecule has 1 aliphatic rings. The van der Waals surface area contributed by atoms with Crippen LogP contribution in [0, 0.1) is 17.7 Å². The first-order valence-electron chi connectivity index (χ1n) is 6.37. The van der Waals surface area contributed by atoms with E-state index >= 15 is 0 Å².